The van der Waals surface area contributed by atoms with Gasteiger partial charge in [0, 0.05) is 12.1 Å². The Hall–Kier alpha value is -2.25. The Labute approximate surface area is 113 Å². The molecule has 5 N–H and O–H groups in total. The zero-order valence-corrected chi connectivity index (χ0v) is 10.4. The summed E-state index contributed by atoms with van der Waals surface area (Å²) in [5, 5.41) is 18.6. The summed E-state index contributed by atoms with van der Waals surface area (Å²) in [6.45, 7) is -0.165. The van der Waals surface area contributed by atoms with Crippen molar-refractivity contribution >= 4 is 11.7 Å². The first kappa shape index (κ1) is 15.8. The molecule has 0 saturated carbocycles. The molecule has 0 aromatic heterocycles. The molecule has 1 aromatic rings. The quantitative estimate of drug-likeness (QED) is 0.373. The molecule has 0 aliphatic carbocycles. The van der Waals surface area contributed by atoms with Crippen molar-refractivity contribution in [3.8, 4) is 5.75 Å². The molecule has 1 rings (SSSR count). The van der Waals surface area contributed by atoms with Crippen LogP contribution >= 0.6 is 0 Å². The Morgan fingerprint density at radius 2 is 2.05 bits per heavy atom. The van der Waals surface area contributed by atoms with Crippen molar-refractivity contribution in [2.45, 2.75) is 19.0 Å². The van der Waals surface area contributed by atoms with Crippen molar-refractivity contribution in [1.82, 2.24) is 5.32 Å². The second kappa shape index (κ2) is 6.27. The Morgan fingerprint density at radius 1 is 1.40 bits per heavy atom. The van der Waals surface area contributed by atoms with Gasteiger partial charge in [0.25, 0.3) is 0 Å². The van der Waals surface area contributed by atoms with E-state index in [-0.39, 0.29) is 31.0 Å². The summed E-state index contributed by atoms with van der Waals surface area (Å²) < 4.78 is 35.7. The van der Waals surface area contributed by atoms with Gasteiger partial charge in [-0.15, -0.1) is 0 Å². The summed E-state index contributed by atoms with van der Waals surface area (Å²) in [5.74, 6) is -2.19. The zero-order valence-electron chi connectivity index (χ0n) is 10.4. The van der Waals surface area contributed by atoms with Gasteiger partial charge in [0.2, 0.25) is 0 Å². The van der Waals surface area contributed by atoms with Crippen LogP contribution in [-0.4, -0.2) is 29.6 Å². The van der Waals surface area contributed by atoms with E-state index in [2.05, 4.69) is 0 Å². The molecule has 1 aromatic carbocycles. The molecule has 8 heteroatoms. The third-order valence-corrected chi connectivity index (χ3v) is 2.56. The number of carbonyl (C=O) groups excluding carboxylic acids is 1. The summed E-state index contributed by atoms with van der Waals surface area (Å²) in [7, 11) is 0. The number of amidine groups is 1. The van der Waals surface area contributed by atoms with Crippen LogP contribution in [0.4, 0.5) is 13.2 Å². The average Bonchev–Trinajstić information content (AvgIpc) is 2.34. The number of aryl methyl sites for hydroxylation is 1. The van der Waals surface area contributed by atoms with Crippen molar-refractivity contribution in [1.29, 1.82) is 5.41 Å². The molecule has 110 valence electrons. The molecular weight excluding hydrogens is 275 g/mol. The zero-order chi connectivity index (χ0) is 15.3. The number of hydrogen-bond acceptors (Lipinski definition) is 3. The van der Waals surface area contributed by atoms with E-state index in [0.29, 0.717) is 11.1 Å². The molecule has 0 atom stereocenters. The van der Waals surface area contributed by atoms with Crippen LogP contribution in [0.2, 0.25) is 0 Å². The number of rotatable bonds is 5. The normalized spacial score (nSPS) is 11.2. The topological polar surface area (TPSA) is 99.2 Å². The number of amides is 1. The van der Waals surface area contributed by atoms with E-state index in [1.165, 1.54) is 18.2 Å². The molecule has 0 aliphatic heterocycles. The van der Waals surface area contributed by atoms with Crippen molar-refractivity contribution in [2.24, 2.45) is 5.73 Å². The molecule has 0 fully saturated rings. The van der Waals surface area contributed by atoms with Gasteiger partial charge < -0.3 is 16.2 Å². The van der Waals surface area contributed by atoms with Gasteiger partial charge in [-0.3, -0.25) is 10.2 Å². The maximum Gasteiger partial charge on any atom is 0.471 e. The lowest BCUT2D eigenvalue weighted by atomic mass is 10.0. The molecular formula is C12H14F3N3O2. The second-order valence-corrected chi connectivity index (χ2v) is 4.11. The minimum absolute atomic E-state index is 0.0304. The standard InChI is InChI=1S/C12H14F3N3O2/c13-12(14,15)11(20)18-5-1-2-7-6-8(10(16)17)3-4-9(7)19/h3-4,6,19H,1-2,5H2,(H3,16,17)(H,18,20). The molecule has 0 heterocycles. The number of nitrogens with one attached hydrogen (secondary N) is 2. The molecule has 0 spiro atoms. The summed E-state index contributed by atoms with van der Waals surface area (Å²) in [6.07, 6.45) is -4.42. The first-order chi connectivity index (χ1) is 9.21. The van der Waals surface area contributed by atoms with Crippen LogP contribution in [0.1, 0.15) is 17.5 Å². The number of benzene rings is 1. The Kier molecular flexibility index (Phi) is 4.95. The number of phenolic OH excluding ortho intramolecular Hbond substituents is 1. The highest BCUT2D eigenvalue weighted by molar-refractivity contribution is 5.95. The van der Waals surface area contributed by atoms with Gasteiger partial charge in [-0.05, 0) is 36.6 Å². The number of alkyl halides is 3. The number of nitrogens with two attached hydrogens (primary N) is 1. The predicted octanol–water partition coefficient (Wildman–Crippen LogP) is 1.29. The highest BCUT2D eigenvalue weighted by atomic mass is 19.4. The van der Waals surface area contributed by atoms with Crippen LogP contribution < -0.4 is 11.1 Å². The lowest BCUT2D eigenvalue weighted by Crippen LogP contribution is -2.37. The van der Waals surface area contributed by atoms with Crippen molar-refractivity contribution in [2.75, 3.05) is 6.54 Å². The minimum Gasteiger partial charge on any atom is -0.508 e. The maximum absolute atomic E-state index is 11.9. The third-order valence-electron chi connectivity index (χ3n) is 2.56. The van der Waals surface area contributed by atoms with Gasteiger partial charge in [0.05, 0.1) is 0 Å². The average molecular weight is 289 g/mol. The van der Waals surface area contributed by atoms with Crippen LogP contribution in [-0.2, 0) is 11.2 Å². The maximum atomic E-state index is 11.9. The summed E-state index contributed by atoms with van der Waals surface area (Å²) in [4.78, 5) is 10.6. The molecule has 0 aliphatic rings. The van der Waals surface area contributed by atoms with E-state index < -0.39 is 12.1 Å². The van der Waals surface area contributed by atoms with E-state index in [0.717, 1.165) is 0 Å². The smallest absolute Gasteiger partial charge is 0.471 e. The summed E-state index contributed by atoms with van der Waals surface area (Å²) in [6, 6.07) is 4.32. The molecule has 1 amide bonds. The van der Waals surface area contributed by atoms with Crippen molar-refractivity contribution < 1.29 is 23.1 Å². The van der Waals surface area contributed by atoms with E-state index >= 15 is 0 Å². The second-order valence-electron chi connectivity index (χ2n) is 4.11. The fraction of sp³-hybridized carbons (Fsp3) is 0.333. The van der Waals surface area contributed by atoms with Crippen molar-refractivity contribution in [3.63, 3.8) is 0 Å². The van der Waals surface area contributed by atoms with Gasteiger partial charge in [-0.25, -0.2) is 0 Å². The number of aromatic hydroxyl groups is 1. The van der Waals surface area contributed by atoms with Crippen LogP contribution in [0.25, 0.3) is 0 Å². The predicted molar refractivity (Wildman–Crippen MR) is 66.5 cm³/mol. The number of hydrogen-bond donors (Lipinski definition) is 4. The number of phenols is 1. The van der Waals surface area contributed by atoms with Crippen LogP contribution in [0.3, 0.4) is 0 Å². The molecule has 0 saturated heterocycles. The van der Waals surface area contributed by atoms with Gasteiger partial charge in [0.1, 0.15) is 11.6 Å². The molecule has 20 heavy (non-hydrogen) atoms. The first-order valence-electron chi connectivity index (χ1n) is 5.73. The SMILES string of the molecule is N=C(N)c1ccc(O)c(CCCNC(=O)C(F)(F)F)c1. The summed E-state index contributed by atoms with van der Waals surface area (Å²) in [5.41, 5.74) is 6.17. The van der Waals surface area contributed by atoms with Gasteiger partial charge in [-0.2, -0.15) is 13.2 Å². The molecule has 0 unspecified atom stereocenters. The lowest BCUT2D eigenvalue weighted by Gasteiger charge is -2.09. The lowest BCUT2D eigenvalue weighted by molar-refractivity contribution is -0.173. The van der Waals surface area contributed by atoms with E-state index in [4.69, 9.17) is 11.1 Å². The minimum atomic E-state index is -4.89. The van der Waals surface area contributed by atoms with Crippen LogP contribution in [0.5, 0.6) is 5.75 Å². The third kappa shape index (κ3) is 4.45. The van der Waals surface area contributed by atoms with Gasteiger partial charge >= 0.3 is 12.1 Å². The summed E-state index contributed by atoms with van der Waals surface area (Å²) >= 11 is 0. The van der Waals surface area contributed by atoms with E-state index in [1.807, 2.05) is 0 Å². The molecule has 5 nitrogen and oxygen atoms in total. The molecule has 0 bridgehead atoms. The van der Waals surface area contributed by atoms with Gasteiger partial charge in [-0.1, -0.05) is 0 Å². The highest BCUT2D eigenvalue weighted by Gasteiger charge is 2.38. The first-order valence-corrected chi connectivity index (χ1v) is 5.73. The van der Waals surface area contributed by atoms with Gasteiger partial charge in [0.15, 0.2) is 0 Å². The Balaban J connectivity index is 2.52. The number of halogens is 3. The van der Waals surface area contributed by atoms with E-state index in [1.54, 1.807) is 5.32 Å². The van der Waals surface area contributed by atoms with Crippen LogP contribution in [0.15, 0.2) is 18.2 Å². The highest BCUT2D eigenvalue weighted by Crippen LogP contribution is 2.20. The number of carbonyl (C=O) groups is 1. The van der Waals surface area contributed by atoms with Crippen molar-refractivity contribution in [3.05, 3.63) is 29.3 Å². The Bertz CT molecular complexity index is 515. The van der Waals surface area contributed by atoms with E-state index in [9.17, 15) is 23.1 Å². The molecule has 0 radical (unpaired) electrons. The Morgan fingerprint density at radius 3 is 2.60 bits per heavy atom. The fourth-order valence-corrected chi connectivity index (χ4v) is 1.53. The number of nitrogen functional groups attached to an aromatic ring is 1. The van der Waals surface area contributed by atoms with Crippen LogP contribution in [0, 0.1) is 5.41 Å². The largest absolute Gasteiger partial charge is 0.508 e. The monoisotopic (exact) mass is 289 g/mol. The fourth-order valence-electron chi connectivity index (χ4n) is 1.53.